The largest absolute Gasteiger partial charge is 0.384 e. The van der Waals surface area contributed by atoms with Crippen LogP contribution in [-0.2, 0) is 12.1 Å². The lowest BCUT2D eigenvalue weighted by molar-refractivity contribution is 0.0903. The van der Waals surface area contributed by atoms with Gasteiger partial charge in [-0.2, -0.15) is 0 Å². The van der Waals surface area contributed by atoms with Crippen LogP contribution in [0.2, 0.25) is 5.02 Å². The van der Waals surface area contributed by atoms with E-state index in [-0.39, 0.29) is 11.7 Å². The molecule has 180 valence electrons. The smallest absolute Gasteiger partial charge is 0.268 e. The van der Waals surface area contributed by atoms with Crippen molar-refractivity contribution in [2.45, 2.75) is 32.2 Å². The number of amides is 1. The number of aliphatic hydroxyl groups excluding tert-OH is 1. The van der Waals surface area contributed by atoms with Gasteiger partial charge in [0.25, 0.3) is 5.91 Å². The molecule has 1 atom stereocenters. The van der Waals surface area contributed by atoms with E-state index in [0.717, 1.165) is 22.0 Å². The summed E-state index contributed by atoms with van der Waals surface area (Å²) in [6, 6.07) is 21.9. The van der Waals surface area contributed by atoms with Gasteiger partial charge in [0.15, 0.2) is 0 Å². The molecule has 1 heterocycles. The average Bonchev–Trinajstić information content (AvgIpc) is 3.17. The first kappa shape index (κ1) is 24.5. The van der Waals surface area contributed by atoms with E-state index >= 15 is 0 Å². The third-order valence-electron chi connectivity index (χ3n) is 6.10. The highest BCUT2D eigenvalue weighted by Gasteiger charge is 2.26. The van der Waals surface area contributed by atoms with Crippen molar-refractivity contribution >= 4 is 34.2 Å². The van der Waals surface area contributed by atoms with Crippen molar-refractivity contribution in [1.29, 1.82) is 5.41 Å². The van der Waals surface area contributed by atoms with Crippen LogP contribution in [0.3, 0.4) is 0 Å². The first-order valence-electron chi connectivity index (χ1n) is 11.1. The van der Waals surface area contributed by atoms with Crippen molar-refractivity contribution in [3.63, 3.8) is 0 Å². The molecule has 0 aliphatic rings. The van der Waals surface area contributed by atoms with Gasteiger partial charge in [0, 0.05) is 28.0 Å². The zero-order chi connectivity index (χ0) is 25.3. The van der Waals surface area contributed by atoms with Crippen LogP contribution in [0.15, 0.2) is 72.8 Å². The van der Waals surface area contributed by atoms with Crippen molar-refractivity contribution in [2.75, 3.05) is 0 Å². The first-order chi connectivity index (χ1) is 16.5. The number of carbonyl (C=O) groups excluding carboxylic acids is 1. The van der Waals surface area contributed by atoms with Crippen LogP contribution >= 0.6 is 11.6 Å². The number of fused-ring (bicyclic) bond motifs is 1. The summed E-state index contributed by atoms with van der Waals surface area (Å²) in [5, 5.41) is 22.1. The fourth-order valence-electron chi connectivity index (χ4n) is 4.07. The van der Waals surface area contributed by atoms with Gasteiger partial charge in [-0.3, -0.25) is 10.2 Å². The zero-order valence-electron chi connectivity index (χ0n) is 19.5. The van der Waals surface area contributed by atoms with Crippen LogP contribution in [0, 0.1) is 5.41 Å². The van der Waals surface area contributed by atoms with Crippen LogP contribution in [0.25, 0.3) is 10.9 Å². The first-order valence-corrected chi connectivity index (χ1v) is 11.5. The molecule has 0 saturated carbocycles. The summed E-state index contributed by atoms with van der Waals surface area (Å²) >= 11 is 6.03. The number of rotatable bonds is 7. The Balaban J connectivity index is 1.75. The lowest BCUT2D eigenvalue weighted by Crippen LogP contribution is -2.41. The normalized spacial score (nSPS) is 12.5. The molecule has 0 aliphatic heterocycles. The number of hydrogen-bond donors (Lipinski definition) is 5. The number of halogens is 1. The maximum Gasteiger partial charge on any atom is 0.268 e. The topological polar surface area (TPSA) is 130 Å². The van der Waals surface area contributed by atoms with E-state index in [1.807, 2.05) is 60.9 Å². The fraction of sp³-hybridized carbons (Fsp3) is 0.185. The molecule has 1 amide bonds. The Kier molecular flexibility index (Phi) is 6.67. The second-order valence-corrected chi connectivity index (χ2v) is 9.51. The minimum absolute atomic E-state index is 0.0455. The number of hydrogen-bond acceptors (Lipinski definition) is 4. The molecule has 7 N–H and O–H groups in total. The van der Waals surface area contributed by atoms with Gasteiger partial charge in [0.2, 0.25) is 0 Å². The highest BCUT2D eigenvalue weighted by atomic mass is 35.5. The lowest BCUT2D eigenvalue weighted by Gasteiger charge is -2.27. The summed E-state index contributed by atoms with van der Waals surface area (Å²) in [5.41, 5.74) is 14.9. The Labute approximate surface area is 208 Å². The van der Waals surface area contributed by atoms with Gasteiger partial charge < -0.3 is 26.5 Å². The van der Waals surface area contributed by atoms with Gasteiger partial charge >= 0.3 is 0 Å². The van der Waals surface area contributed by atoms with Gasteiger partial charge in [-0.15, -0.1) is 0 Å². The van der Waals surface area contributed by atoms with E-state index in [4.69, 9.17) is 28.5 Å². The minimum Gasteiger partial charge on any atom is -0.384 e. The van der Waals surface area contributed by atoms with Crippen LogP contribution in [0.5, 0.6) is 0 Å². The summed E-state index contributed by atoms with van der Waals surface area (Å²) in [5.74, 6) is -0.282. The second-order valence-electron chi connectivity index (χ2n) is 9.08. The molecular weight excluding hydrogens is 462 g/mol. The number of nitrogens with one attached hydrogen (secondary N) is 2. The number of aromatic nitrogens is 1. The third kappa shape index (κ3) is 5.22. The maximum atomic E-state index is 13.6. The lowest BCUT2D eigenvalue weighted by atomic mass is 9.94. The van der Waals surface area contributed by atoms with Crippen molar-refractivity contribution < 1.29 is 9.90 Å². The van der Waals surface area contributed by atoms with Gasteiger partial charge in [-0.05, 0) is 54.8 Å². The van der Waals surface area contributed by atoms with Crippen molar-refractivity contribution in [3.05, 3.63) is 106 Å². The monoisotopic (exact) mass is 489 g/mol. The molecule has 3 aromatic carbocycles. The molecular formula is C27H28ClN5O2. The van der Waals surface area contributed by atoms with Crippen LogP contribution in [0.1, 0.15) is 52.8 Å². The highest BCUT2D eigenvalue weighted by Crippen LogP contribution is 2.26. The predicted octanol–water partition coefficient (Wildman–Crippen LogP) is 4.24. The molecule has 0 saturated heterocycles. The number of amidine groups is 1. The van der Waals surface area contributed by atoms with Crippen molar-refractivity contribution in [3.8, 4) is 0 Å². The highest BCUT2D eigenvalue weighted by molar-refractivity contribution is 6.30. The molecule has 0 radical (unpaired) electrons. The molecule has 4 rings (SSSR count). The van der Waals surface area contributed by atoms with E-state index in [9.17, 15) is 9.90 Å². The maximum absolute atomic E-state index is 13.6. The second kappa shape index (κ2) is 9.54. The number of carbonyl (C=O) groups is 1. The molecule has 0 fully saturated rings. The Morgan fingerprint density at radius 2 is 1.74 bits per heavy atom. The zero-order valence-corrected chi connectivity index (χ0v) is 20.3. The number of nitrogen functional groups attached to an aromatic ring is 1. The summed E-state index contributed by atoms with van der Waals surface area (Å²) in [7, 11) is 0. The molecule has 7 nitrogen and oxygen atoms in total. The molecule has 0 spiro atoms. The number of benzene rings is 3. The Morgan fingerprint density at radius 1 is 1.09 bits per heavy atom. The van der Waals surface area contributed by atoms with Gasteiger partial charge in [-0.1, -0.05) is 60.1 Å². The standard InChI is InChI=1S/C27H28ClN5O2/c1-27(2,20-9-11-21(28)12-10-20)32-26(35)23-13-18-7-8-19(24(29)30)14-22(18)33(23)15-16-3-5-17(6-4-16)25(31)34/h3-14,25,34H,15,31H2,1-2H3,(H3,29,30)(H,32,35). The summed E-state index contributed by atoms with van der Waals surface area (Å²) < 4.78 is 1.91. The SMILES string of the molecule is CC(C)(NC(=O)c1cc2ccc(C(=N)N)cc2n1Cc1ccc(C(N)O)cc1)c1ccc(Cl)cc1. The van der Waals surface area contributed by atoms with Crippen molar-refractivity contribution in [2.24, 2.45) is 11.5 Å². The molecule has 1 aromatic heterocycles. The quantitative estimate of drug-likeness (QED) is 0.151. The van der Waals surface area contributed by atoms with Crippen molar-refractivity contribution in [1.82, 2.24) is 9.88 Å². The van der Waals surface area contributed by atoms with E-state index in [2.05, 4.69) is 5.32 Å². The molecule has 1 unspecified atom stereocenters. The summed E-state index contributed by atoms with van der Waals surface area (Å²) in [6.07, 6.45) is -1.05. The average molecular weight is 490 g/mol. The van der Waals surface area contributed by atoms with E-state index < -0.39 is 11.8 Å². The fourth-order valence-corrected chi connectivity index (χ4v) is 4.20. The molecule has 0 aliphatic carbocycles. The Morgan fingerprint density at radius 3 is 2.34 bits per heavy atom. The number of nitrogens with zero attached hydrogens (tertiary/aromatic N) is 1. The molecule has 0 bridgehead atoms. The van der Waals surface area contributed by atoms with Gasteiger partial charge in [0.05, 0.1) is 5.54 Å². The van der Waals surface area contributed by atoms with Gasteiger partial charge in [-0.25, -0.2) is 0 Å². The van der Waals surface area contributed by atoms with E-state index in [1.165, 1.54) is 0 Å². The molecule has 8 heteroatoms. The van der Waals surface area contributed by atoms with Crippen LogP contribution < -0.4 is 16.8 Å². The van der Waals surface area contributed by atoms with E-state index in [1.54, 1.807) is 30.3 Å². The molecule has 4 aromatic rings. The van der Waals surface area contributed by atoms with E-state index in [0.29, 0.717) is 28.4 Å². The Hall–Kier alpha value is -3.65. The number of aliphatic hydroxyl groups is 1. The number of nitrogens with two attached hydrogens (primary N) is 2. The summed E-state index contributed by atoms with van der Waals surface area (Å²) in [4.78, 5) is 13.6. The summed E-state index contributed by atoms with van der Waals surface area (Å²) in [6.45, 7) is 4.27. The van der Waals surface area contributed by atoms with Crippen LogP contribution in [0.4, 0.5) is 0 Å². The van der Waals surface area contributed by atoms with Crippen LogP contribution in [-0.4, -0.2) is 21.4 Å². The minimum atomic E-state index is -1.05. The molecule has 35 heavy (non-hydrogen) atoms. The Bertz CT molecular complexity index is 1390. The third-order valence-corrected chi connectivity index (χ3v) is 6.35. The van der Waals surface area contributed by atoms with Gasteiger partial charge in [0.1, 0.15) is 17.8 Å². The predicted molar refractivity (Wildman–Crippen MR) is 140 cm³/mol.